The van der Waals surface area contributed by atoms with Crippen LogP contribution in [0.15, 0.2) is 42.5 Å². The van der Waals surface area contributed by atoms with E-state index in [0.29, 0.717) is 0 Å². The first-order chi connectivity index (χ1) is 8.28. The number of aryl methyl sites for hydroxylation is 1. The first-order valence-corrected chi connectivity index (χ1v) is 6.89. The van der Waals surface area contributed by atoms with Gasteiger partial charge in [0.25, 0.3) is 0 Å². The fraction of sp³-hybridized carbons (Fsp3) is 0.333. The molecule has 1 unspecified atom stereocenters. The first kappa shape index (κ1) is 12.3. The third-order valence-corrected chi connectivity index (χ3v) is 4.07. The minimum absolute atomic E-state index is 0.277. The normalized spacial score (nSPS) is 12.6. The van der Waals surface area contributed by atoms with Gasteiger partial charge in [-0.05, 0) is 30.5 Å². The van der Waals surface area contributed by atoms with Gasteiger partial charge in [-0.2, -0.15) is 0 Å². The molecule has 2 rings (SSSR count). The van der Waals surface area contributed by atoms with Gasteiger partial charge in [-0.1, -0.05) is 37.3 Å². The van der Waals surface area contributed by atoms with Crippen LogP contribution >= 0.6 is 11.3 Å². The molecule has 0 bridgehead atoms. The molecular formula is C15H18OS. The molecule has 0 spiro atoms. The van der Waals surface area contributed by atoms with Gasteiger partial charge in [0, 0.05) is 16.2 Å². The maximum atomic E-state index is 10.0. The summed E-state index contributed by atoms with van der Waals surface area (Å²) >= 11 is 1.81. The number of aliphatic hydroxyl groups is 1. The quantitative estimate of drug-likeness (QED) is 0.856. The average molecular weight is 246 g/mol. The Labute approximate surface area is 107 Å². The molecule has 1 nitrogen and oxygen atoms in total. The van der Waals surface area contributed by atoms with Crippen LogP contribution in [0.2, 0.25) is 0 Å². The lowest BCUT2D eigenvalue weighted by atomic mass is 10.1. The Hall–Kier alpha value is -1.12. The molecule has 1 heterocycles. The molecule has 0 radical (unpaired) electrons. The van der Waals surface area contributed by atoms with E-state index in [9.17, 15) is 5.11 Å². The molecule has 0 aliphatic rings. The molecule has 0 fully saturated rings. The fourth-order valence-electron chi connectivity index (χ4n) is 1.91. The summed E-state index contributed by atoms with van der Waals surface area (Å²) in [6.45, 7) is 2.16. The molecule has 1 aromatic carbocycles. The predicted molar refractivity (Wildman–Crippen MR) is 73.6 cm³/mol. The molecule has 17 heavy (non-hydrogen) atoms. The Morgan fingerprint density at radius 2 is 1.71 bits per heavy atom. The lowest BCUT2D eigenvalue weighted by Crippen LogP contribution is -2.12. The summed E-state index contributed by atoms with van der Waals surface area (Å²) in [6.07, 6.45) is 2.31. The van der Waals surface area contributed by atoms with E-state index in [1.807, 2.05) is 29.5 Å². The Morgan fingerprint density at radius 3 is 2.35 bits per heavy atom. The number of rotatable bonds is 5. The Balaban J connectivity index is 1.91. The summed E-state index contributed by atoms with van der Waals surface area (Å²) in [5.41, 5.74) is 1.20. The van der Waals surface area contributed by atoms with E-state index in [1.54, 1.807) is 0 Å². The molecule has 2 aromatic rings. The van der Waals surface area contributed by atoms with Crippen molar-refractivity contribution in [2.24, 2.45) is 0 Å². The standard InChI is InChI=1S/C15H18OS/c1-2-14-8-9-15(17-14)11-13(16)10-12-6-4-3-5-7-12/h3-9,13,16H,2,10-11H2,1H3. The van der Waals surface area contributed by atoms with Crippen LogP contribution in [0.25, 0.3) is 0 Å². The van der Waals surface area contributed by atoms with Gasteiger partial charge in [0.2, 0.25) is 0 Å². The Bertz CT molecular complexity index is 447. The van der Waals surface area contributed by atoms with Gasteiger partial charge in [-0.15, -0.1) is 11.3 Å². The molecule has 0 amide bonds. The monoisotopic (exact) mass is 246 g/mol. The lowest BCUT2D eigenvalue weighted by Gasteiger charge is -2.09. The SMILES string of the molecule is CCc1ccc(CC(O)Cc2ccccc2)s1. The van der Waals surface area contributed by atoms with Crippen molar-refractivity contribution < 1.29 is 5.11 Å². The molecule has 0 saturated carbocycles. The van der Waals surface area contributed by atoms with E-state index in [4.69, 9.17) is 0 Å². The molecule has 1 atom stereocenters. The third kappa shape index (κ3) is 3.69. The largest absolute Gasteiger partial charge is 0.392 e. The highest BCUT2D eigenvalue weighted by atomic mass is 32.1. The maximum Gasteiger partial charge on any atom is 0.0628 e. The van der Waals surface area contributed by atoms with Crippen molar-refractivity contribution in [3.05, 3.63) is 57.8 Å². The summed E-state index contributed by atoms with van der Waals surface area (Å²) in [4.78, 5) is 2.68. The number of aliphatic hydroxyl groups excluding tert-OH is 1. The third-order valence-electron chi connectivity index (χ3n) is 2.82. The smallest absolute Gasteiger partial charge is 0.0628 e. The van der Waals surface area contributed by atoms with Crippen LogP contribution in [0, 0.1) is 0 Å². The Morgan fingerprint density at radius 1 is 1.00 bits per heavy atom. The molecule has 90 valence electrons. The molecule has 2 heteroatoms. The Kier molecular flexibility index (Phi) is 4.35. The van der Waals surface area contributed by atoms with Crippen LogP contribution in [-0.4, -0.2) is 11.2 Å². The van der Waals surface area contributed by atoms with Crippen molar-refractivity contribution in [2.75, 3.05) is 0 Å². The highest BCUT2D eigenvalue weighted by molar-refractivity contribution is 7.11. The average Bonchev–Trinajstić information content (AvgIpc) is 2.78. The minimum atomic E-state index is -0.277. The number of hydrogen-bond donors (Lipinski definition) is 1. The molecular weight excluding hydrogens is 228 g/mol. The second kappa shape index (κ2) is 5.99. The van der Waals surface area contributed by atoms with Gasteiger partial charge in [-0.3, -0.25) is 0 Å². The second-order valence-corrected chi connectivity index (χ2v) is 5.52. The van der Waals surface area contributed by atoms with Gasteiger partial charge in [-0.25, -0.2) is 0 Å². The molecule has 0 aliphatic heterocycles. The zero-order valence-corrected chi connectivity index (χ0v) is 10.9. The lowest BCUT2D eigenvalue weighted by molar-refractivity contribution is 0.176. The zero-order valence-electron chi connectivity index (χ0n) is 10.1. The fourth-order valence-corrected chi connectivity index (χ4v) is 2.94. The second-order valence-electron chi connectivity index (χ2n) is 4.27. The van der Waals surface area contributed by atoms with Crippen LogP contribution in [0.5, 0.6) is 0 Å². The van der Waals surface area contributed by atoms with E-state index in [1.165, 1.54) is 15.3 Å². The van der Waals surface area contributed by atoms with Crippen LogP contribution in [0.1, 0.15) is 22.2 Å². The topological polar surface area (TPSA) is 20.2 Å². The van der Waals surface area contributed by atoms with Gasteiger partial charge < -0.3 is 5.11 Å². The van der Waals surface area contributed by atoms with Crippen molar-refractivity contribution in [2.45, 2.75) is 32.3 Å². The number of hydrogen-bond acceptors (Lipinski definition) is 2. The van der Waals surface area contributed by atoms with Crippen LogP contribution in [0.3, 0.4) is 0 Å². The number of thiophene rings is 1. The molecule has 1 aromatic heterocycles. The highest BCUT2D eigenvalue weighted by Gasteiger charge is 2.08. The first-order valence-electron chi connectivity index (χ1n) is 6.07. The summed E-state index contributed by atoms with van der Waals surface area (Å²) in [5, 5.41) is 10.0. The van der Waals surface area contributed by atoms with Gasteiger partial charge in [0.05, 0.1) is 6.10 Å². The van der Waals surface area contributed by atoms with Gasteiger partial charge in [0.15, 0.2) is 0 Å². The van der Waals surface area contributed by atoms with E-state index in [0.717, 1.165) is 19.3 Å². The van der Waals surface area contributed by atoms with E-state index >= 15 is 0 Å². The van der Waals surface area contributed by atoms with Crippen LogP contribution in [-0.2, 0) is 19.3 Å². The van der Waals surface area contributed by atoms with E-state index < -0.39 is 0 Å². The summed E-state index contributed by atoms with van der Waals surface area (Å²) in [7, 11) is 0. The van der Waals surface area contributed by atoms with Crippen molar-refractivity contribution >= 4 is 11.3 Å². The summed E-state index contributed by atoms with van der Waals surface area (Å²) in [5.74, 6) is 0. The van der Waals surface area contributed by atoms with E-state index in [2.05, 4.69) is 31.2 Å². The number of benzene rings is 1. The van der Waals surface area contributed by atoms with Crippen molar-refractivity contribution in [3.63, 3.8) is 0 Å². The minimum Gasteiger partial charge on any atom is -0.392 e. The maximum absolute atomic E-state index is 10.0. The van der Waals surface area contributed by atoms with Gasteiger partial charge >= 0.3 is 0 Å². The van der Waals surface area contributed by atoms with Crippen molar-refractivity contribution in [1.29, 1.82) is 0 Å². The summed E-state index contributed by atoms with van der Waals surface area (Å²) < 4.78 is 0. The highest BCUT2D eigenvalue weighted by Crippen LogP contribution is 2.19. The van der Waals surface area contributed by atoms with Crippen LogP contribution in [0.4, 0.5) is 0 Å². The summed E-state index contributed by atoms with van der Waals surface area (Å²) in [6, 6.07) is 14.5. The van der Waals surface area contributed by atoms with Crippen LogP contribution < -0.4 is 0 Å². The van der Waals surface area contributed by atoms with Gasteiger partial charge in [0.1, 0.15) is 0 Å². The molecule has 1 N–H and O–H groups in total. The molecule has 0 saturated heterocycles. The van der Waals surface area contributed by atoms with Crippen molar-refractivity contribution in [1.82, 2.24) is 0 Å². The van der Waals surface area contributed by atoms with E-state index in [-0.39, 0.29) is 6.10 Å². The molecule has 0 aliphatic carbocycles. The van der Waals surface area contributed by atoms with Crippen molar-refractivity contribution in [3.8, 4) is 0 Å². The predicted octanol–water partition coefficient (Wildman–Crippen LogP) is 3.46. The zero-order chi connectivity index (χ0) is 12.1.